The van der Waals surface area contributed by atoms with Gasteiger partial charge in [-0.15, -0.1) is 0 Å². The molecule has 1 N–H and O–H groups in total. The number of carbonyl (C=O) groups is 1. The lowest BCUT2D eigenvalue weighted by Gasteiger charge is -2.22. The van der Waals surface area contributed by atoms with Crippen LogP contribution in [-0.4, -0.2) is 53.6 Å². The topological polar surface area (TPSA) is 67.3 Å². The maximum absolute atomic E-state index is 13.1. The highest BCUT2D eigenvalue weighted by molar-refractivity contribution is 6.33. The summed E-state index contributed by atoms with van der Waals surface area (Å²) in [6.45, 7) is 4.61. The van der Waals surface area contributed by atoms with Gasteiger partial charge in [-0.1, -0.05) is 55.5 Å². The maximum atomic E-state index is 13.1. The summed E-state index contributed by atoms with van der Waals surface area (Å²) in [6.07, 6.45) is 8.10. The van der Waals surface area contributed by atoms with E-state index >= 15 is 0 Å². The highest BCUT2D eigenvalue weighted by atomic mass is 35.5. The third-order valence-corrected chi connectivity index (χ3v) is 7.39. The molecule has 0 radical (unpaired) electrons. The number of amides is 1. The van der Waals surface area contributed by atoms with Crippen LogP contribution in [0.15, 0.2) is 48.7 Å². The molecule has 6 nitrogen and oxygen atoms in total. The summed E-state index contributed by atoms with van der Waals surface area (Å²) >= 11 is 13.0. The van der Waals surface area contributed by atoms with E-state index < -0.39 is 0 Å². The molecular weight excluding hydrogens is 507 g/mol. The quantitative estimate of drug-likeness (QED) is 0.283. The van der Waals surface area contributed by atoms with Crippen molar-refractivity contribution in [2.24, 2.45) is 0 Å². The monoisotopic (exact) mass is 540 g/mol. The Bertz CT molecular complexity index is 1210. The van der Waals surface area contributed by atoms with Crippen molar-refractivity contribution >= 4 is 29.1 Å². The highest BCUT2D eigenvalue weighted by Crippen LogP contribution is 2.37. The van der Waals surface area contributed by atoms with E-state index in [0.29, 0.717) is 39.5 Å². The molecule has 0 unspecified atom stereocenters. The van der Waals surface area contributed by atoms with Crippen molar-refractivity contribution in [3.8, 4) is 28.3 Å². The number of nitrogens with zero attached hydrogens (tertiary/aromatic N) is 3. The van der Waals surface area contributed by atoms with Gasteiger partial charge in [0.15, 0.2) is 0 Å². The van der Waals surface area contributed by atoms with Crippen LogP contribution in [0.25, 0.3) is 22.5 Å². The van der Waals surface area contributed by atoms with Gasteiger partial charge in [0.05, 0.1) is 28.0 Å². The highest BCUT2D eigenvalue weighted by Gasteiger charge is 2.21. The fraction of sp³-hybridized carbons (Fsp3) is 0.414. The zero-order valence-corrected chi connectivity index (χ0v) is 23.0. The molecule has 8 heteroatoms. The van der Waals surface area contributed by atoms with E-state index in [0.717, 1.165) is 56.3 Å². The van der Waals surface area contributed by atoms with Crippen molar-refractivity contribution in [1.82, 2.24) is 20.2 Å². The number of halogens is 2. The van der Waals surface area contributed by atoms with Gasteiger partial charge in [-0.25, -0.2) is 4.98 Å². The van der Waals surface area contributed by atoms with Gasteiger partial charge in [0.1, 0.15) is 11.4 Å². The molecule has 4 rings (SSSR count). The lowest BCUT2D eigenvalue weighted by molar-refractivity contribution is 0.0923. The molecule has 0 saturated heterocycles. The third-order valence-electron chi connectivity index (χ3n) is 6.77. The van der Waals surface area contributed by atoms with Gasteiger partial charge in [-0.3, -0.25) is 9.78 Å². The second kappa shape index (κ2) is 13.2. The summed E-state index contributed by atoms with van der Waals surface area (Å²) in [5.41, 5.74) is 3.07. The summed E-state index contributed by atoms with van der Waals surface area (Å²) in [4.78, 5) is 24.7. The number of hydrogen-bond donors (Lipinski definition) is 1. The molecule has 1 aliphatic carbocycles. The first-order chi connectivity index (χ1) is 18.0. The summed E-state index contributed by atoms with van der Waals surface area (Å²) in [6, 6.07) is 12.9. The second-order valence-electron chi connectivity index (χ2n) is 9.48. The third kappa shape index (κ3) is 7.22. The Hall–Kier alpha value is -2.67. The van der Waals surface area contributed by atoms with E-state index in [1.54, 1.807) is 30.5 Å². The predicted octanol–water partition coefficient (Wildman–Crippen LogP) is 6.90. The Kier molecular flexibility index (Phi) is 9.78. The Morgan fingerprint density at radius 1 is 1.08 bits per heavy atom. The minimum atomic E-state index is -0.169. The molecule has 0 aliphatic heterocycles. The minimum absolute atomic E-state index is 0.169. The second-order valence-corrected chi connectivity index (χ2v) is 10.3. The van der Waals surface area contributed by atoms with Crippen LogP contribution in [0.2, 0.25) is 10.0 Å². The minimum Gasteiger partial charge on any atom is -0.492 e. The van der Waals surface area contributed by atoms with E-state index in [4.69, 9.17) is 32.9 Å². The number of pyridine rings is 2. The molecule has 0 bridgehead atoms. The molecule has 1 fully saturated rings. The van der Waals surface area contributed by atoms with Crippen molar-refractivity contribution in [2.75, 3.05) is 26.7 Å². The molecule has 0 spiro atoms. The van der Waals surface area contributed by atoms with Gasteiger partial charge < -0.3 is 15.0 Å². The van der Waals surface area contributed by atoms with Gasteiger partial charge >= 0.3 is 0 Å². The standard InChI is InChI=1S/C29H34Cl2N4O2/c1-3-35(2)17-8-18-37-26-19-20(12-14-23(26)30)27-22(28-24(31)11-7-16-32-28)13-15-25(34-27)29(36)33-21-9-5-4-6-10-21/h7,11-16,19,21H,3-6,8-10,17-18H2,1-2H3,(H,33,36). The van der Waals surface area contributed by atoms with Crippen LogP contribution in [0.5, 0.6) is 5.75 Å². The molecule has 1 amide bonds. The van der Waals surface area contributed by atoms with Crippen LogP contribution in [0.4, 0.5) is 0 Å². The number of rotatable bonds is 10. The number of aromatic nitrogens is 2. The van der Waals surface area contributed by atoms with E-state index in [2.05, 4.69) is 29.2 Å². The maximum Gasteiger partial charge on any atom is 0.270 e. The van der Waals surface area contributed by atoms with E-state index in [1.165, 1.54) is 6.42 Å². The first kappa shape index (κ1) is 27.4. The first-order valence-electron chi connectivity index (χ1n) is 13.0. The fourth-order valence-corrected chi connectivity index (χ4v) is 4.92. The van der Waals surface area contributed by atoms with Crippen LogP contribution in [0.1, 0.15) is 55.9 Å². The lowest BCUT2D eigenvalue weighted by Crippen LogP contribution is -2.36. The van der Waals surface area contributed by atoms with Crippen molar-refractivity contribution in [3.05, 3.63) is 64.4 Å². The number of ether oxygens (including phenoxy) is 1. The Balaban J connectivity index is 1.66. The number of benzene rings is 1. The average Bonchev–Trinajstić information content (AvgIpc) is 2.92. The van der Waals surface area contributed by atoms with Crippen molar-refractivity contribution < 1.29 is 9.53 Å². The molecule has 37 heavy (non-hydrogen) atoms. The zero-order valence-electron chi connectivity index (χ0n) is 21.5. The van der Waals surface area contributed by atoms with Crippen LogP contribution in [0, 0.1) is 0 Å². The summed E-state index contributed by atoms with van der Waals surface area (Å²) < 4.78 is 6.03. The molecule has 1 aromatic carbocycles. The SMILES string of the molecule is CCN(C)CCCOc1cc(-c2nc(C(=O)NC3CCCCC3)ccc2-c2ncccc2Cl)ccc1Cl. The summed E-state index contributed by atoms with van der Waals surface area (Å²) in [5, 5.41) is 4.19. The van der Waals surface area contributed by atoms with Crippen LogP contribution in [0.3, 0.4) is 0 Å². The van der Waals surface area contributed by atoms with Crippen molar-refractivity contribution in [2.45, 2.75) is 51.5 Å². The smallest absolute Gasteiger partial charge is 0.270 e. The van der Waals surface area contributed by atoms with Gasteiger partial charge in [-0.2, -0.15) is 0 Å². The van der Waals surface area contributed by atoms with Gasteiger partial charge in [0.2, 0.25) is 0 Å². The number of carbonyl (C=O) groups excluding carboxylic acids is 1. The Labute approximate surface area is 229 Å². The molecule has 1 aliphatic rings. The van der Waals surface area contributed by atoms with Crippen LogP contribution < -0.4 is 10.1 Å². The fourth-order valence-electron chi connectivity index (χ4n) is 4.52. The van der Waals surface area contributed by atoms with E-state index in [-0.39, 0.29) is 11.9 Å². The summed E-state index contributed by atoms with van der Waals surface area (Å²) in [7, 11) is 2.08. The molecule has 2 aromatic heterocycles. The Morgan fingerprint density at radius 3 is 2.65 bits per heavy atom. The first-order valence-corrected chi connectivity index (χ1v) is 13.8. The van der Waals surface area contributed by atoms with Gasteiger partial charge in [-0.05, 0) is 69.3 Å². The lowest BCUT2D eigenvalue weighted by atomic mass is 9.95. The summed E-state index contributed by atoms with van der Waals surface area (Å²) in [5.74, 6) is 0.410. The Morgan fingerprint density at radius 2 is 1.89 bits per heavy atom. The normalized spacial score (nSPS) is 14.1. The molecule has 2 heterocycles. The molecule has 3 aromatic rings. The van der Waals surface area contributed by atoms with E-state index in [9.17, 15) is 4.79 Å². The number of nitrogens with one attached hydrogen (secondary N) is 1. The number of hydrogen-bond acceptors (Lipinski definition) is 5. The molecule has 1 saturated carbocycles. The molecular formula is C29H34Cl2N4O2. The predicted molar refractivity (Wildman–Crippen MR) is 151 cm³/mol. The van der Waals surface area contributed by atoms with E-state index in [1.807, 2.05) is 18.2 Å². The molecule has 196 valence electrons. The average molecular weight is 542 g/mol. The van der Waals surface area contributed by atoms with Gasteiger partial charge in [0, 0.05) is 29.9 Å². The van der Waals surface area contributed by atoms with Gasteiger partial charge in [0.25, 0.3) is 5.91 Å². The van der Waals surface area contributed by atoms with Crippen LogP contribution in [-0.2, 0) is 0 Å². The zero-order chi connectivity index (χ0) is 26.2. The van der Waals surface area contributed by atoms with Crippen molar-refractivity contribution in [1.29, 1.82) is 0 Å². The largest absolute Gasteiger partial charge is 0.492 e. The van der Waals surface area contributed by atoms with Crippen molar-refractivity contribution in [3.63, 3.8) is 0 Å². The van der Waals surface area contributed by atoms with Crippen LogP contribution >= 0.6 is 23.2 Å². The molecule has 0 atom stereocenters.